The number of amides is 4. The maximum absolute atomic E-state index is 12.9. The number of hydrogen-bond donors (Lipinski definition) is 3. The fourth-order valence-electron chi connectivity index (χ4n) is 5.03. The van der Waals surface area contributed by atoms with Gasteiger partial charge in [-0.25, -0.2) is 4.79 Å². The number of urea groups is 1. The Bertz CT molecular complexity index is 1530. The highest BCUT2D eigenvalue weighted by molar-refractivity contribution is 5.93. The van der Waals surface area contributed by atoms with Gasteiger partial charge in [-0.05, 0) is 41.0 Å². The van der Waals surface area contributed by atoms with Gasteiger partial charge in [0.1, 0.15) is 25.0 Å². The van der Waals surface area contributed by atoms with Gasteiger partial charge in [0, 0.05) is 20.2 Å². The number of aliphatic hydroxyl groups is 1. The van der Waals surface area contributed by atoms with Crippen LogP contribution >= 0.6 is 0 Å². The molecule has 0 radical (unpaired) electrons. The van der Waals surface area contributed by atoms with Crippen LogP contribution in [0.4, 0.5) is 4.79 Å². The summed E-state index contributed by atoms with van der Waals surface area (Å²) in [6, 6.07) is 30.6. The Balaban J connectivity index is 0.000000376. The summed E-state index contributed by atoms with van der Waals surface area (Å²) in [7, 11) is 1.00. The summed E-state index contributed by atoms with van der Waals surface area (Å²) in [6.07, 6.45) is 7.55. The summed E-state index contributed by atoms with van der Waals surface area (Å²) in [5.41, 5.74) is 3.21. The molecule has 1 atom stereocenters. The van der Waals surface area contributed by atoms with Crippen molar-refractivity contribution in [2.75, 3.05) is 26.7 Å². The Morgan fingerprint density at radius 2 is 1.48 bits per heavy atom. The third kappa shape index (κ3) is 8.37. The van der Waals surface area contributed by atoms with Gasteiger partial charge in [0.25, 0.3) is 0 Å². The molecule has 4 aromatic carbocycles. The van der Waals surface area contributed by atoms with E-state index in [1.54, 1.807) is 17.0 Å². The number of aliphatic hydroxyl groups excluding tert-OH is 1. The number of phenols is 1. The third-order valence-electron chi connectivity index (χ3n) is 7.21. The number of terminal acetylenes is 1. The van der Waals surface area contributed by atoms with Crippen molar-refractivity contribution in [2.24, 2.45) is 0 Å². The predicted octanol–water partition coefficient (Wildman–Crippen LogP) is 4.12. The lowest BCUT2D eigenvalue weighted by Gasteiger charge is -2.39. The molecule has 0 spiro atoms. The van der Waals surface area contributed by atoms with Crippen LogP contribution in [0, 0.1) is 19.8 Å². The SMILES string of the molecule is C#C.CO.Cc1ccc(O)cc1.O=C1CN2C(=O)CN(C(=O)NCc3ccccc3)C2CN1Cc1cccc2ccccc12. The van der Waals surface area contributed by atoms with Gasteiger partial charge in [-0.1, -0.05) is 90.5 Å². The number of carbonyl (C=O) groups is 3. The summed E-state index contributed by atoms with van der Waals surface area (Å²) >= 11 is 0. The van der Waals surface area contributed by atoms with E-state index in [1.807, 2.05) is 91.9 Å². The van der Waals surface area contributed by atoms with Crippen LogP contribution in [-0.4, -0.2) is 75.7 Å². The molecule has 0 saturated carbocycles. The molecule has 6 rings (SSSR count). The number of nitrogens with one attached hydrogen (secondary N) is 1. The van der Waals surface area contributed by atoms with Crippen molar-refractivity contribution >= 4 is 28.6 Å². The number of fused-ring (bicyclic) bond motifs is 2. The van der Waals surface area contributed by atoms with Crippen molar-refractivity contribution in [1.29, 1.82) is 0 Å². The highest BCUT2D eigenvalue weighted by Crippen LogP contribution is 2.25. The number of aromatic hydroxyl groups is 1. The number of benzene rings is 4. The highest BCUT2D eigenvalue weighted by atomic mass is 16.3. The molecule has 2 saturated heterocycles. The molecule has 4 amide bonds. The van der Waals surface area contributed by atoms with Crippen LogP contribution in [0.15, 0.2) is 97.1 Å². The zero-order chi connectivity index (χ0) is 32.1. The first-order valence-corrected chi connectivity index (χ1v) is 14.0. The van der Waals surface area contributed by atoms with E-state index in [-0.39, 0.29) is 30.9 Å². The van der Waals surface area contributed by atoms with Gasteiger partial charge < -0.3 is 25.3 Å². The Hall–Kier alpha value is -5.33. The van der Waals surface area contributed by atoms with E-state index in [9.17, 15) is 14.4 Å². The minimum absolute atomic E-state index is 0.00324. The Kier molecular flexibility index (Phi) is 12.3. The molecule has 1 unspecified atom stereocenters. The molecule has 2 aliphatic heterocycles. The van der Waals surface area contributed by atoms with Gasteiger partial charge in [-0.15, -0.1) is 12.8 Å². The third-order valence-corrected chi connectivity index (χ3v) is 7.21. The van der Waals surface area contributed by atoms with E-state index in [2.05, 4.69) is 18.2 Å². The zero-order valence-electron chi connectivity index (χ0n) is 25.0. The minimum Gasteiger partial charge on any atom is -0.508 e. The first-order valence-electron chi connectivity index (χ1n) is 14.0. The van der Waals surface area contributed by atoms with Crippen LogP contribution < -0.4 is 5.32 Å². The first-order chi connectivity index (χ1) is 21.4. The largest absolute Gasteiger partial charge is 0.508 e. The standard InChI is InChI=1S/C25H24N4O3.C7H8O.C2H2.CH4O/c30-23-16-28-22(15-27(23)14-20-11-6-10-19-9-4-5-12-21(19)20)29(17-24(28)31)25(32)26-13-18-7-2-1-3-8-18;1-6-2-4-7(8)5-3-6;2*1-2/h1-12,22H,13-17H2,(H,26,32);2-5,8H,1H3;1-2H;2H,1H3. The first kappa shape index (κ1) is 33.2. The van der Waals surface area contributed by atoms with Crippen molar-refractivity contribution in [3.63, 3.8) is 0 Å². The molecule has 0 aliphatic carbocycles. The monoisotopic (exact) mass is 594 g/mol. The van der Waals surface area contributed by atoms with Gasteiger partial charge in [-0.3, -0.25) is 14.5 Å². The van der Waals surface area contributed by atoms with E-state index >= 15 is 0 Å². The summed E-state index contributed by atoms with van der Waals surface area (Å²) in [5, 5.41) is 20.9. The van der Waals surface area contributed by atoms with Gasteiger partial charge in [0.2, 0.25) is 11.8 Å². The number of carbonyl (C=O) groups excluding carboxylic acids is 3. The van der Waals surface area contributed by atoms with E-state index in [0.29, 0.717) is 25.4 Å². The Morgan fingerprint density at radius 3 is 2.16 bits per heavy atom. The van der Waals surface area contributed by atoms with Crippen molar-refractivity contribution < 1.29 is 24.6 Å². The van der Waals surface area contributed by atoms with E-state index in [0.717, 1.165) is 29.0 Å². The average molecular weight is 595 g/mol. The second-order valence-corrected chi connectivity index (χ2v) is 10.0. The van der Waals surface area contributed by atoms with E-state index < -0.39 is 6.17 Å². The number of rotatable bonds is 4. The molecule has 228 valence electrons. The fraction of sp³-hybridized carbons (Fsp3) is 0.229. The molecule has 0 bridgehead atoms. The van der Waals surface area contributed by atoms with Crippen molar-refractivity contribution in [3.8, 4) is 18.6 Å². The molecule has 2 heterocycles. The average Bonchev–Trinajstić information content (AvgIpc) is 3.39. The lowest BCUT2D eigenvalue weighted by Crippen LogP contribution is -2.59. The lowest BCUT2D eigenvalue weighted by atomic mass is 10.0. The Morgan fingerprint density at radius 1 is 0.841 bits per heavy atom. The van der Waals surface area contributed by atoms with Crippen LogP contribution in [0.3, 0.4) is 0 Å². The molecular weight excluding hydrogens is 556 g/mol. The number of nitrogens with zero attached hydrogens (tertiary/aromatic N) is 3. The van der Waals surface area contributed by atoms with Crippen molar-refractivity contribution in [1.82, 2.24) is 20.0 Å². The predicted molar refractivity (Wildman–Crippen MR) is 171 cm³/mol. The number of piperazine rings is 1. The zero-order valence-corrected chi connectivity index (χ0v) is 25.0. The molecule has 44 heavy (non-hydrogen) atoms. The number of phenolic OH excluding ortho intramolecular Hbond substituents is 1. The van der Waals surface area contributed by atoms with Gasteiger partial charge in [0.05, 0.1) is 6.54 Å². The lowest BCUT2D eigenvalue weighted by molar-refractivity contribution is -0.146. The van der Waals surface area contributed by atoms with Crippen LogP contribution in [0.5, 0.6) is 5.75 Å². The number of aryl methyl sites for hydroxylation is 1. The molecule has 3 N–H and O–H groups in total. The normalized spacial score (nSPS) is 15.1. The molecular formula is C35H38N4O5. The number of hydrogen-bond acceptors (Lipinski definition) is 5. The summed E-state index contributed by atoms with van der Waals surface area (Å²) in [5.74, 6) is 0.0349. The van der Waals surface area contributed by atoms with E-state index in [4.69, 9.17) is 10.2 Å². The Labute approximate surface area is 258 Å². The second-order valence-electron chi connectivity index (χ2n) is 10.0. The molecule has 2 aliphatic rings. The van der Waals surface area contributed by atoms with Crippen LogP contribution in [0.2, 0.25) is 0 Å². The minimum atomic E-state index is -0.453. The van der Waals surface area contributed by atoms with Crippen LogP contribution in [0.25, 0.3) is 10.8 Å². The van der Waals surface area contributed by atoms with Gasteiger partial charge in [-0.2, -0.15) is 0 Å². The van der Waals surface area contributed by atoms with Crippen molar-refractivity contribution in [3.05, 3.63) is 114 Å². The molecule has 0 aromatic heterocycles. The topological polar surface area (TPSA) is 113 Å². The fourth-order valence-corrected chi connectivity index (χ4v) is 5.03. The van der Waals surface area contributed by atoms with Crippen LogP contribution in [-0.2, 0) is 22.7 Å². The van der Waals surface area contributed by atoms with Crippen LogP contribution in [0.1, 0.15) is 16.7 Å². The molecule has 9 nitrogen and oxygen atoms in total. The quantitative estimate of drug-likeness (QED) is 0.308. The molecule has 9 heteroatoms. The molecule has 2 fully saturated rings. The van der Waals surface area contributed by atoms with Gasteiger partial charge >= 0.3 is 6.03 Å². The van der Waals surface area contributed by atoms with E-state index in [1.165, 1.54) is 15.4 Å². The van der Waals surface area contributed by atoms with Gasteiger partial charge in [0.15, 0.2) is 0 Å². The smallest absolute Gasteiger partial charge is 0.319 e. The summed E-state index contributed by atoms with van der Waals surface area (Å²) in [4.78, 5) is 43.0. The summed E-state index contributed by atoms with van der Waals surface area (Å²) < 4.78 is 0. The summed E-state index contributed by atoms with van der Waals surface area (Å²) in [6.45, 7) is 3.09. The second kappa shape index (κ2) is 16.3. The maximum Gasteiger partial charge on any atom is 0.319 e. The highest BCUT2D eigenvalue weighted by Gasteiger charge is 2.46. The maximum atomic E-state index is 12.9. The van der Waals surface area contributed by atoms with Crippen molar-refractivity contribution in [2.45, 2.75) is 26.2 Å². The molecule has 4 aromatic rings.